The van der Waals surface area contributed by atoms with E-state index in [9.17, 15) is 9.35 Å². The number of hydrogen-bond acceptors (Lipinski definition) is 6. The number of anilines is 1. The van der Waals surface area contributed by atoms with Crippen molar-refractivity contribution < 1.29 is 14.1 Å². The Morgan fingerprint density at radius 2 is 2.04 bits per heavy atom. The number of amides is 2. The molecular formula is C19H25N5O3S. The molecular weight excluding hydrogens is 378 g/mol. The van der Waals surface area contributed by atoms with Crippen LogP contribution in [0.5, 0.6) is 5.88 Å². The number of hydrogen-bond donors (Lipinski definition) is 1. The molecule has 1 atom stereocenters. The Bertz CT molecular complexity index is 797. The molecule has 8 nitrogen and oxygen atoms in total. The van der Waals surface area contributed by atoms with Gasteiger partial charge in [-0.3, -0.25) is 0 Å². The molecule has 1 fully saturated rings. The summed E-state index contributed by atoms with van der Waals surface area (Å²) in [6.07, 6.45) is 6.24. The second-order valence-corrected chi connectivity index (χ2v) is 9.24. The molecule has 0 bridgehead atoms. The number of likely N-dealkylation sites (tertiary alicyclic amines) is 1. The molecule has 1 N–H and O–H groups in total. The first kappa shape index (κ1) is 20.3. The van der Waals surface area contributed by atoms with Gasteiger partial charge in [0, 0.05) is 31.3 Å². The number of nitrogens with one attached hydrogen (secondary N) is 1. The molecule has 150 valence electrons. The zero-order chi connectivity index (χ0) is 20.1. The zero-order valence-electron chi connectivity index (χ0n) is 16.3. The van der Waals surface area contributed by atoms with E-state index in [1.54, 1.807) is 29.3 Å². The standard InChI is InChI=1S/C19H25N5O3S/c1-19(2,28(26)16-5-4-9-20-17(16)27-3)14-7-11-24(12-8-14)18(25)23-15-6-10-21-22-13-15/h4-6,9-10,13-14H,7-8,11-12H2,1-3H3,(H,21,23,25). The molecule has 0 aliphatic carbocycles. The largest absolute Gasteiger partial charge is 0.611 e. The van der Waals surface area contributed by atoms with Gasteiger partial charge < -0.3 is 19.5 Å². The molecule has 1 unspecified atom stereocenters. The van der Waals surface area contributed by atoms with Crippen LogP contribution in [0.25, 0.3) is 0 Å². The van der Waals surface area contributed by atoms with E-state index in [4.69, 9.17) is 4.74 Å². The number of nitrogens with zero attached hydrogens (tertiary/aromatic N) is 4. The number of ether oxygens (including phenoxy) is 1. The van der Waals surface area contributed by atoms with Gasteiger partial charge in [0.2, 0.25) is 4.90 Å². The molecule has 9 heteroatoms. The van der Waals surface area contributed by atoms with Gasteiger partial charge in [0.25, 0.3) is 5.88 Å². The highest BCUT2D eigenvalue weighted by atomic mass is 32.2. The number of aromatic nitrogens is 3. The molecule has 2 amide bonds. The van der Waals surface area contributed by atoms with E-state index in [-0.39, 0.29) is 11.9 Å². The van der Waals surface area contributed by atoms with Crippen LogP contribution in [-0.4, -0.2) is 55.6 Å². The number of carbonyl (C=O) groups is 1. The minimum Gasteiger partial charge on any atom is -0.611 e. The van der Waals surface area contributed by atoms with E-state index in [2.05, 4.69) is 20.5 Å². The number of rotatable bonds is 5. The SMILES string of the molecule is COc1ncccc1[S+]([O-])C(C)(C)C1CCN(C(=O)Nc2ccnnc2)CC1. The molecule has 3 rings (SSSR count). The van der Waals surface area contributed by atoms with Crippen LogP contribution in [0, 0.1) is 5.92 Å². The molecule has 0 saturated carbocycles. The molecule has 28 heavy (non-hydrogen) atoms. The number of carbonyl (C=O) groups excluding carboxylic acids is 1. The van der Waals surface area contributed by atoms with Gasteiger partial charge in [-0.05, 0) is 50.0 Å². The van der Waals surface area contributed by atoms with Crippen LogP contribution in [-0.2, 0) is 11.2 Å². The summed E-state index contributed by atoms with van der Waals surface area (Å²) in [5.74, 6) is 0.613. The Labute approximate surface area is 167 Å². The molecule has 3 heterocycles. The molecule has 0 aromatic carbocycles. The molecule has 1 aliphatic rings. The third-order valence-electron chi connectivity index (χ3n) is 5.21. The van der Waals surface area contributed by atoms with Gasteiger partial charge in [-0.15, -0.1) is 0 Å². The molecule has 0 spiro atoms. The predicted molar refractivity (Wildman–Crippen MR) is 107 cm³/mol. The van der Waals surface area contributed by atoms with Crippen molar-refractivity contribution in [3.8, 4) is 5.88 Å². The van der Waals surface area contributed by atoms with Gasteiger partial charge >= 0.3 is 6.03 Å². The van der Waals surface area contributed by atoms with Crippen molar-refractivity contribution in [2.45, 2.75) is 36.3 Å². The Morgan fingerprint density at radius 1 is 1.29 bits per heavy atom. The molecule has 2 aromatic heterocycles. The lowest BCUT2D eigenvalue weighted by molar-refractivity contribution is 0.171. The number of piperidine rings is 1. The summed E-state index contributed by atoms with van der Waals surface area (Å²) >= 11 is -1.28. The number of urea groups is 1. The lowest BCUT2D eigenvalue weighted by atomic mass is 9.86. The maximum atomic E-state index is 13.3. The fraction of sp³-hybridized carbons (Fsp3) is 0.474. The van der Waals surface area contributed by atoms with E-state index in [0.717, 1.165) is 12.8 Å². The van der Waals surface area contributed by atoms with Gasteiger partial charge in [-0.25, -0.2) is 9.78 Å². The van der Waals surface area contributed by atoms with Crippen LogP contribution in [0.1, 0.15) is 26.7 Å². The second kappa shape index (κ2) is 8.74. The van der Waals surface area contributed by atoms with Crippen LogP contribution in [0.4, 0.5) is 10.5 Å². The van der Waals surface area contributed by atoms with Gasteiger partial charge in [0.15, 0.2) is 0 Å². The summed E-state index contributed by atoms with van der Waals surface area (Å²) in [5.41, 5.74) is 0.618. The average molecular weight is 404 g/mol. The highest BCUT2D eigenvalue weighted by Crippen LogP contribution is 2.39. The zero-order valence-corrected chi connectivity index (χ0v) is 17.1. The Kier molecular flexibility index (Phi) is 6.35. The Hall–Kier alpha value is -2.39. The van der Waals surface area contributed by atoms with Crippen LogP contribution in [0.3, 0.4) is 0 Å². The highest BCUT2D eigenvalue weighted by Gasteiger charge is 2.44. The molecule has 1 saturated heterocycles. The lowest BCUT2D eigenvalue weighted by Gasteiger charge is -2.40. The summed E-state index contributed by atoms with van der Waals surface area (Å²) in [4.78, 5) is 19.0. The average Bonchev–Trinajstić information content (AvgIpc) is 2.74. The van der Waals surface area contributed by atoms with Crippen LogP contribution >= 0.6 is 0 Å². The maximum Gasteiger partial charge on any atom is 0.321 e. The minimum atomic E-state index is -1.28. The molecule has 2 aromatic rings. The maximum absolute atomic E-state index is 13.3. The third kappa shape index (κ3) is 4.36. The van der Waals surface area contributed by atoms with E-state index < -0.39 is 15.9 Å². The predicted octanol–water partition coefficient (Wildman–Crippen LogP) is 2.71. The summed E-state index contributed by atoms with van der Waals surface area (Å²) in [6.45, 7) is 5.25. The first-order valence-electron chi connectivity index (χ1n) is 9.17. The van der Waals surface area contributed by atoms with Crippen molar-refractivity contribution >= 4 is 22.9 Å². The molecule has 1 aliphatic heterocycles. The van der Waals surface area contributed by atoms with Crippen LogP contribution in [0.15, 0.2) is 41.7 Å². The van der Waals surface area contributed by atoms with Gasteiger partial charge in [-0.2, -0.15) is 10.2 Å². The quantitative estimate of drug-likeness (QED) is 0.770. The molecule has 0 radical (unpaired) electrons. The monoisotopic (exact) mass is 403 g/mol. The van der Waals surface area contributed by atoms with Gasteiger partial charge in [0.1, 0.15) is 4.75 Å². The van der Waals surface area contributed by atoms with Crippen LogP contribution in [0.2, 0.25) is 0 Å². The Morgan fingerprint density at radius 3 is 2.68 bits per heavy atom. The lowest BCUT2D eigenvalue weighted by Crippen LogP contribution is -2.48. The summed E-state index contributed by atoms with van der Waals surface area (Å²) in [6, 6.07) is 5.12. The number of pyridine rings is 1. The minimum absolute atomic E-state index is 0.153. The first-order valence-corrected chi connectivity index (χ1v) is 10.3. The van der Waals surface area contributed by atoms with E-state index in [1.165, 1.54) is 19.5 Å². The highest BCUT2D eigenvalue weighted by molar-refractivity contribution is 7.92. The first-order chi connectivity index (χ1) is 13.4. The van der Waals surface area contributed by atoms with Gasteiger partial charge in [-0.1, -0.05) is 0 Å². The topological polar surface area (TPSA) is 103 Å². The van der Waals surface area contributed by atoms with Crippen molar-refractivity contribution in [3.63, 3.8) is 0 Å². The fourth-order valence-corrected chi connectivity index (χ4v) is 5.05. The summed E-state index contributed by atoms with van der Waals surface area (Å²) in [5, 5.41) is 10.3. The van der Waals surface area contributed by atoms with Crippen molar-refractivity contribution in [2.24, 2.45) is 5.92 Å². The van der Waals surface area contributed by atoms with Crippen molar-refractivity contribution in [1.82, 2.24) is 20.1 Å². The summed E-state index contributed by atoms with van der Waals surface area (Å²) < 4.78 is 18.1. The van der Waals surface area contributed by atoms with Crippen molar-refractivity contribution in [1.29, 1.82) is 0 Å². The van der Waals surface area contributed by atoms with E-state index >= 15 is 0 Å². The number of methoxy groups -OCH3 is 1. The van der Waals surface area contributed by atoms with E-state index in [0.29, 0.717) is 29.6 Å². The van der Waals surface area contributed by atoms with Gasteiger partial charge in [0.05, 0.1) is 25.2 Å². The fourth-order valence-electron chi connectivity index (χ4n) is 3.45. The smallest absolute Gasteiger partial charge is 0.321 e. The van der Waals surface area contributed by atoms with Crippen molar-refractivity contribution in [3.05, 3.63) is 36.8 Å². The Balaban J connectivity index is 1.62. The van der Waals surface area contributed by atoms with E-state index in [1.807, 2.05) is 13.8 Å². The van der Waals surface area contributed by atoms with Crippen molar-refractivity contribution in [2.75, 3.05) is 25.5 Å². The van der Waals surface area contributed by atoms with Crippen LogP contribution < -0.4 is 10.1 Å². The normalized spacial score (nSPS) is 16.5. The summed E-state index contributed by atoms with van der Waals surface area (Å²) in [7, 11) is 1.53. The third-order valence-corrected chi connectivity index (χ3v) is 7.21. The second-order valence-electron chi connectivity index (χ2n) is 7.21.